The Labute approximate surface area is 121 Å². The maximum atomic E-state index is 11.6. The molecule has 6 nitrogen and oxygen atoms in total. The third-order valence-electron chi connectivity index (χ3n) is 3.44. The molecule has 0 bridgehead atoms. The smallest absolute Gasteiger partial charge is 0.334 e. The first kappa shape index (κ1) is 14.8. The van der Waals surface area contributed by atoms with Gasteiger partial charge in [0.2, 0.25) is 0 Å². The molecule has 1 heterocycles. The number of carboxylic acids is 2. The van der Waals surface area contributed by atoms with Crippen molar-refractivity contribution in [3.63, 3.8) is 0 Å². The molecule has 0 aromatic heterocycles. The molecule has 0 saturated carbocycles. The summed E-state index contributed by atoms with van der Waals surface area (Å²) in [5, 5.41) is 21.7. The lowest BCUT2D eigenvalue weighted by atomic mass is 9.80. The third kappa shape index (κ3) is 2.66. The van der Waals surface area contributed by atoms with Gasteiger partial charge in [-0.1, -0.05) is 30.3 Å². The predicted molar refractivity (Wildman–Crippen MR) is 76.4 cm³/mol. The van der Waals surface area contributed by atoms with Crippen molar-refractivity contribution in [2.45, 2.75) is 12.8 Å². The number of nitrogens with one attached hydrogen (secondary N) is 1. The first-order chi connectivity index (χ1) is 9.97. The molecule has 6 heteroatoms. The van der Waals surface area contributed by atoms with Crippen molar-refractivity contribution in [1.29, 1.82) is 0 Å². The lowest BCUT2D eigenvalue weighted by Gasteiger charge is -2.29. The van der Waals surface area contributed by atoms with E-state index in [1.807, 2.05) is 0 Å². The van der Waals surface area contributed by atoms with Gasteiger partial charge in [0.05, 0.1) is 17.1 Å². The van der Waals surface area contributed by atoms with Gasteiger partial charge in [-0.25, -0.2) is 9.59 Å². The number of carbonyl (C=O) groups is 2. The van der Waals surface area contributed by atoms with Crippen molar-refractivity contribution in [3.8, 4) is 0 Å². The first-order valence-corrected chi connectivity index (χ1v) is 6.39. The average molecular weight is 288 g/mol. The highest BCUT2D eigenvalue weighted by Gasteiger charge is 2.36. The molecule has 0 saturated heterocycles. The largest absolute Gasteiger partial charge is 0.478 e. The number of carboxylic acid groups (broad SMARTS) is 2. The zero-order chi connectivity index (χ0) is 15.6. The Bertz CT molecular complexity index is 647. The number of hydrogen-bond acceptors (Lipinski definition) is 4. The predicted octanol–water partition coefficient (Wildman–Crippen LogP) is 1.03. The van der Waals surface area contributed by atoms with Gasteiger partial charge in [0, 0.05) is 17.9 Å². The average Bonchev–Trinajstić information content (AvgIpc) is 2.46. The summed E-state index contributed by atoms with van der Waals surface area (Å²) in [6.07, 6.45) is 0. The lowest BCUT2D eigenvalue weighted by Crippen LogP contribution is -2.34. The van der Waals surface area contributed by atoms with Crippen LogP contribution in [0.15, 0.2) is 52.9 Å². The van der Waals surface area contributed by atoms with E-state index in [1.54, 1.807) is 37.3 Å². The van der Waals surface area contributed by atoms with Gasteiger partial charge in [0.15, 0.2) is 0 Å². The molecule has 1 atom stereocenters. The number of hydrogen-bond donors (Lipinski definition) is 4. The molecule has 0 radical (unpaired) electrons. The Kier molecular flexibility index (Phi) is 4.09. The van der Waals surface area contributed by atoms with Gasteiger partial charge < -0.3 is 21.3 Å². The Hall–Kier alpha value is -2.60. The van der Waals surface area contributed by atoms with Crippen LogP contribution in [0.3, 0.4) is 0 Å². The number of aliphatic carboxylic acids is 2. The molecule has 0 amide bonds. The summed E-state index contributed by atoms with van der Waals surface area (Å²) < 4.78 is 0. The molecule has 1 aliphatic heterocycles. The molecule has 0 spiro atoms. The van der Waals surface area contributed by atoms with Gasteiger partial charge in [-0.15, -0.1) is 0 Å². The summed E-state index contributed by atoms with van der Waals surface area (Å²) >= 11 is 0. The summed E-state index contributed by atoms with van der Waals surface area (Å²) in [7, 11) is 0. The normalized spacial score (nSPS) is 18.5. The van der Waals surface area contributed by atoms with Crippen molar-refractivity contribution in [2.75, 3.05) is 6.54 Å². The highest BCUT2D eigenvalue weighted by Crippen LogP contribution is 2.37. The highest BCUT2D eigenvalue weighted by atomic mass is 16.4. The van der Waals surface area contributed by atoms with Crippen molar-refractivity contribution < 1.29 is 19.8 Å². The van der Waals surface area contributed by atoms with Gasteiger partial charge >= 0.3 is 11.9 Å². The molecule has 21 heavy (non-hydrogen) atoms. The van der Waals surface area contributed by atoms with Crippen molar-refractivity contribution in [3.05, 3.63) is 58.4 Å². The number of dihydropyridines is 1. The van der Waals surface area contributed by atoms with Crippen LogP contribution in [0.2, 0.25) is 0 Å². The van der Waals surface area contributed by atoms with Gasteiger partial charge in [-0.3, -0.25) is 0 Å². The topological polar surface area (TPSA) is 113 Å². The quantitative estimate of drug-likeness (QED) is 0.658. The van der Waals surface area contributed by atoms with E-state index in [0.717, 1.165) is 0 Å². The van der Waals surface area contributed by atoms with Gasteiger partial charge in [-0.2, -0.15) is 0 Å². The van der Waals surface area contributed by atoms with Crippen LogP contribution in [0.1, 0.15) is 18.4 Å². The minimum atomic E-state index is -1.18. The van der Waals surface area contributed by atoms with Crippen LogP contribution in [0.5, 0.6) is 0 Å². The summed E-state index contributed by atoms with van der Waals surface area (Å²) in [5.41, 5.74) is 6.95. The van der Waals surface area contributed by atoms with Crippen LogP contribution in [-0.4, -0.2) is 28.7 Å². The van der Waals surface area contributed by atoms with Crippen LogP contribution < -0.4 is 11.1 Å². The molecule has 1 unspecified atom stereocenters. The molecule has 5 N–H and O–H groups in total. The van der Waals surface area contributed by atoms with Crippen LogP contribution in [0, 0.1) is 0 Å². The number of rotatable bonds is 4. The van der Waals surface area contributed by atoms with E-state index in [0.29, 0.717) is 17.0 Å². The fourth-order valence-electron chi connectivity index (χ4n) is 2.57. The Balaban J connectivity index is 2.70. The molecule has 110 valence electrons. The van der Waals surface area contributed by atoms with Gasteiger partial charge in [0.1, 0.15) is 0 Å². The van der Waals surface area contributed by atoms with E-state index >= 15 is 0 Å². The summed E-state index contributed by atoms with van der Waals surface area (Å²) in [4.78, 5) is 23.2. The van der Waals surface area contributed by atoms with E-state index in [9.17, 15) is 19.8 Å². The van der Waals surface area contributed by atoms with Crippen molar-refractivity contribution >= 4 is 11.9 Å². The monoisotopic (exact) mass is 288 g/mol. The lowest BCUT2D eigenvalue weighted by molar-refractivity contribution is -0.133. The summed E-state index contributed by atoms with van der Waals surface area (Å²) in [6, 6.07) is 8.70. The van der Waals surface area contributed by atoms with E-state index in [4.69, 9.17) is 5.73 Å². The maximum Gasteiger partial charge on any atom is 0.334 e. The van der Waals surface area contributed by atoms with Gasteiger partial charge in [0.25, 0.3) is 0 Å². The number of allylic oxidation sites excluding steroid dienone is 1. The second-order valence-electron chi connectivity index (χ2n) is 4.71. The molecule has 0 aliphatic carbocycles. The SMILES string of the molecule is CC1=C(C(=O)O)C(c2ccccc2)C(C(=O)O)=C(CN)N1. The molecule has 1 aromatic rings. The molecule has 2 rings (SSSR count). The molecular formula is C15H16N2O4. The minimum Gasteiger partial charge on any atom is -0.478 e. The van der Waals surface area contributed by atoms with Gasteiger partial charge in [-0.05, 0) is 12.5 Å². The second kappa shape index (κ2) is 5.80. The van der Waals surface area contributed by atoms with Crippen molar-refractivity contribution in [2.24, 2.45) is 5.73 Å². The molecule has 1 aliphatic rings. The highest BCUT2D eigenvalue weighted by molar-refractivity contribution is 5.98. The van der Waals surface area contributed by atoms with E-state index in [-0.39, 0.29) is 17.7 Å². The second-order valence-corrected chi connectivity index (χ2v) is 4.71. The van der Waals surface area contributed by atoms with E-state index in [1.165, 1.54) is 0 Å². The van der Waals surface area contributed by atoms with Crippen LogP contribution in [0.25, 0.3) is 0 Å². The van der Waals surface area contributed by atoms with E-state index in [2.05, 4.69) is 5.32 Å². The third-order valence-corrected chi connectivity index (χ3v) is 3.44. The van der Waals surface area contributed by atoms with Crippen LogP contribution in [0.4, 0.5) is 0 Å². The maximum absolute atomic E-state index is 11.6. The Morgan fingerprint density at radius 3 is 2.19 bits per heavy atom. The van der Waals surface area contributed by atoms with Crippen LogP contribution >= 0.6 is 0 Å². The Morgan fingerprint density at radius 1 is 1.14 bits per heavy atom. The fraction of sp³-hybridized carbons (Fsp3) is 0.200. The van der Waals surface area contributed by atoms with E-state index < -0.39 is 17.9 Å². The zero-order valence-electron chi connectivity index (χ0n) is 11.5. The molecule has 0 fully saturated rings. The van der Waals surface area contributed by atoms with Crippen LogP contribution in [-0.2, 0) is 9.59 Å². The number of nitrogens with two attached hydrogens (primary N) is 1. The summed E-state index contributed by atoms with van der Waals surface area (Å²) in [6.45, 7) is 1.60. The minimum absolute atomic E-state index is 0.00476. The number of benzene rings is 1. The molecule has 1 aromatic carbocycles. The van der Waals surface area contributed by atoms with Crippen molar-refractivity contribution in [1.82, 2.24) is 5.32 Å². The zero-order valence-corrected chi connectivity index (χ0v) is 11.5. The Morgan fingerprint density at radius 2 is 1.71 bits per heavy atom. The standard InChI is InChI=1S/C15H16N2O4/c1-8-11(14(18)19)12(9-5-3-2-4-6-9)13(15(20)21)10(7-16)17-8/h2-6,12,17H,7,16H2,1H3,(H,18,19)(H,20,21). The summed E-state index contributed by atoms with van der Waals surface area (Å²) in [5.74, 6) is -3.17. The molecular weight excluding hydrogens is 272 g/mol. The first-order valence-electron chi connectivity index (χ1n) is 6.39. The fourth-order valence-corrected chi connectivity index (χ4v) is 2.57.